The summed E-state index contributed by atoms with van der Waals surface area (Å²) in [6.07, 6.45) is 1.23. The maximum Gasteiger partial charge on any atom is 0.138 e. The molecule has 5 heteroatoms. The van der Waals surface area contributed by atoms with Gasteiger partial charge in [0, 0.05) is 16.8 Å². The molecule has 0 amide bonds. The second-order valence-corrected chi connectivity index (χ2v) is 5.72. The fraction of sp³-hybridized carbons (Fsp3) is 0.235. The lowest BCUT2D eigenvalue weighted by Gasteiger charge is -2.00. The van der Waals surface area contributed by atoms with Crippen LogP contribution in [-0.2, 0) is 6.42 Å². The van der Waals surface area contributed by atoms with Crippen molar-refractivity contribution >= 4 is 28.3 Å². The van der Waals surface area contributed by atoms with Gasteiger partial charge in [-0.25, -0.2) is 0 Å². The SMILES string of the molecule is C/C(CCc1oc2ccc(Cl)cc2c1-c1ccc(C)o1)=N/O. The third-order valence-electron chi connectivity index (χ3n) is 3.59. The minimum Gasteiger partial charge on any atom is -0.461 e. The summed E-state index contributed by atoms with van der Waals surface area (Å²) in [5.41, 5.74) is 2.33. The lowest BCUT2D eigenvalue weighted by molar-refractivity contribution is 0.317. The van der Waals surface area contributed by atoms with Gasteiger partial charge in [0.2, 0.25) is 0 Å². The van der Waals surface area contributed by atoms with E-state index in [1.54, 1.807) is 13.0 Å². The van der Waals surface area contributed by atoms with E-state index in [4.69, 9.17) is 25.6 Å². The zero-order valence-corrected chi connectivity index (χ0v) is 13.1. The van der Waals surface area contributed by atoms with Gasteiger partial charge in [0.25, 0.3) is 0 Å². The van der Waals surface area contributed by atoms with E-state index in [2.05, 4.69) is 5.16 Å². The Morgan fingerprint density at radius 2 is 2.05 bits per heavy atom. The predicted octanol–water partition coefficient (Wildman–Crippen LogP) is 5.44. The Bertz CT molecular complexity index is 845. The molecular weight excluding hydrogens is 302 g/mol. The van der Waals surface area contributed by atoms with Gasteiger partial charge >= 0.3 is 0 Å². The first-order valence-corrected chi connectivity index (χ1v) is 7.41. The smallest absolute Gasteiger partial charge is 0.138 e. The van der Waals surface area contributed by atoms with Crippen LogP contribution in [-0.4, -0.2) is 10.9 Å². The highest BCUT2D eigenvalue weighted by molar-refractivity contribution is 6.31. The first-order chi connectivity index (χ1) is 10.6. The number of fused-ring (bicyclic) bond motifs is 1. The molecule has 1 aromatic carbocycles. The van der Waals surface area contributed by atoms with E-state index in [1.165, 1.54) is 0 Å². The van der Waals surface area contributed by atoms with Gasteiger partial charge in [-0.15, -0.1) is 0 Å². The van der Waals surface area contributed by atoms with Gasteiger partial charge in [-0.3, -0.25) is 0 Å². The monoisotopic (exact) mass is 317 g/mol. The number of aryl methyl sites for hydroxylation is 2. The zero-order valence-electron chi connectivity index (χ0n) is 12.4. The van der Waals surface area contributed by atoms with Crippen LogP contribution in [0.25, 0.3) is 22.3 Å². The van der Waals surface area contributed by atoms with Crippen molar-refractivity contribution in [3.8, 4) is 11.3 Å². The van der Waals surface area contributed by atoms with E-state index in [0.717, 1.165) is 33.8 Å². The summed E-state index contributed by atoms with van der Waals surface area (Å²) in [5, 5.41) is 13.6. The van der Waals surface area contributed by atoms with Crippen LogP contribution in [0.15, 0.2) is 44.3 Å². The molecule has 2 aromatic heterocycles. The van der Waals surface area contributed by atoms with Crippen molar-refractivity contribution in [1.29, 1.82) is 0 Å². The number of hydrogen-bond acceptors (Lipinski definition) is 4. The van der Waals surface area contributed by atoms with Crippen molar-refractivity contribution in [1.82, 2.24) is 0 Å². The van der Waals surface area contributed by atoms with Crippen LogP contribution in [0, 0.1) is 6.92 Å². The molecule has 0 aliphatic heterocycles. The molecule has 3 aromatic rings. The Kier molecular flexibility index (Phi) is 3.94. The molecule has 0 radical (unpaired) electrons. The highest BCUT2D eigenvalue weighted by Gasteiger charge is 2.19. The highest BCUT2D eigenvalue weighted by atomic mass is 35.5. The molecule has 22 heavy (non-hydrogen) atoms. The van der Waals surface area contributed by atoms with Crippen LogP contribution in [0.1, 0.15) is 24.9 Å². The normalized spacial score (nSPS) is 12.2. The van der Waals surface area contributed by atoms with Crippen LogP contribution in [0.3, 0.4) is 0 Å². The average Bonchev–Trinajstić information content (AvgIpc) is 3.07. The Balaban J connectivity index is 2.13. The van der Waals surface area contributed by atoms with Crippen molar-refractivity contribution < 1.29 is 14.0 Å². The van der Waals surface area contributed by atoms with E-state index in [1.807, 2.05) is 31.2 Å². The van der Waals surface area contributed by atoms with E-state index in [9.17, 15) is 0 Å². The fourth-order valence-corrected chi connectivity index (χ4v) is 2.65. The Morgan fingerprint density at radius 3 is 2.73 bits per heavy atom. The summed E-state index contributed by atoms with van der Waals surface area (Å²) >= 11 is 6.12. The Morgan fingerprint density at radius 1 is 1.23 bits per heavy atom. The fourth-order valence-electron chi connectivity index (χ4n) is 2.48. The third-order valence-corrected chi connectivity index (χ3v) is 3.83. The maximum absolute atomic E-state index is 8.80. The van der Waals surface area contributed by atoms with Gasteiger partial charge in [0.05, 0.1) is 11.3 Å². The summed E-state index contributed by atoms with van der Waals surface area (Å²) in [6, 6.07) is 9.38. The number of hydrogen-bond donors (Lipinski definition) is 1. The van der Waals surface area contributed by atoms with Crippen molar-refractivity contribution in [3.63, 3.8) is 0 Å². The molecule has 0 aliphatic carbocycles. The topological polar surface area (TPSA) is 58.9 Å². The summed E-state index contributed by atoms with van der Waals surface area (Å²) in [6.45, 7) is 3.68. The molecule has 3 rings (SSSR count). The summed E-state index contributed by atoms with van der Waals surface area (Å²) in [5.74, 6) is 2.40. The average molecular weight is 318 g/mol. The Labute approximate surface area is 133 Å². The first kappa shape index (κ1) is 14.7. The summed E-state index contributed by atoms with van der Waals surface area (Å²) in [7, 11) is 0. The summed E-state index contributed by atoms with van der Waals surface area (Å²) < 4.78 is 11.7. The van der Waals surface area contributed by atoms with Crippen LogP contribution in [0.5, 0.6) is 0 Å². The molecule has 0 spiro atoms. The number of nitrogens with zero attached hydrogens (tertiary/aromatic N) is 1. The minimum atomic E-state index is 0.608. The van der Waals surface area contributed by atoms with Crippen molar-refractivity contribution in [2.45, 2.75) is 26.7 Å². The molecule has 1 N–H and O–H groups in total. The molecule has 0 bridgehead atoms. The lowest BCUT2D eigenvalue weighted by atomic mass is 10.0. The van der Waals surface area contributed by atoms with Gasteiger partial charge in [-0.2, -0.15) is 0 Å². The van der Waals surface area contributed by atoms with Gasteiger partial charge in [-0.05, 0) is 50.6 Å². The molecule has 114 valence electrons. The lowest BCUT2D eigenvalue weighted by Crippen LogP contribution is -1.95. The molecular formula is C17H16ClNO3. The molecule has 0 unspecified atom stereocenters. The van der Waals surface area contributed by atoms with Crippen LogP contribution < -0.4 is 0 Å². The van der Waals surface area contributed by atoms with Crippen LogP contribution >= 0.6 is 11.6 Å². The molecule has 4 nitrogen and oxygen atoms in total. The van der Waals surface area contributed by atoms with Crippen molar-refractivity contribution in [3.05, 3.63) is 46.9 Å². The quantitative estimate of drug-likeness (QED) is 0.396. The third kappa shape index (κ3) is 2.74. The molecule has 2 heterocycles. The molecule has 0 fully saturated rings. The second-order valence-electron chi connectivity index (χ2n) is 5.29. The van der Waals surface area contributed by atoms with Gasteiger partial charge < -0.3 is 14.0 Å². The standard InChI is InChI=1S/C17H16ClNO3/c1-10(19-20)3-6-16-17(15-7-4-11(2)21-15)13-9-12(18)5-8-14(13)22-16/h4-5,7-9,20H,3,6H2,1-2H3/b19-10-. The zero-order chi connectivity index (χ0) is 15.7. The van der Waals surface area contributed by atoms with E-state index in [0.29, 0.717) is 23.6 Å². The van der Waals surface area contributed by atoms with Crippen LogP contribution in [0.4, 0.5) is 0 Å². The van der Waals surface area contributed by atoms with E-state index in [-0.39, 0.29) is 0 Å². The minimum absolute atomic E-state index is 0.608. The molecule has 0 saturated heterocycles. The van der Waals surface area contributed by atoms with Crippen LogP contribution in [0.2, 0.25) is 5.02 Å². The molecule has 0 saturated carbocycles. The number of oxime groups is 1. The second kappa shape index (κ2) is 5.89. The first-order valence-electron chi connectivity index (χ1n) is 7.03. The predicted molar refractivity (Wildman–Crippen MR) is 86.9 cm³/mol. The van der Waals surface area contributed by atoms with Crippen molar-refractivity contribution in [2.24, 2.45) is 5.16 Å². The van der Waals surface area contributed by atoms with E-state index >= 15 is 0 Å². The number of furan rings is 2. The largest absolute Gasteiger partial charge is 0.461 e. The number of benzene rings is 1. The van der Waals surface area contributed by atoms with Gasteiger partial charge in [-0.1, -0.05) is 16.8 Å². The molecule has 0 aliphatic rings. The maximum atomic E-state index is 8.80. The number of halogens is 1. The van der Waals surface area contributed by atoms with Crippen molar-refractivity contribution in [2.75, 3.05) is 0 Å². The summed E-state index contributed by atoms with van der Waals surface area (Å²) in [4.78, 5) is 0. The van der Waals surface area contributed by atoms with E-state index < -0.39 is 0 Å². The van der Waals surface area contributed by atoms with Gasteiger partial charge in [0.15, 0.2) is 0 Å². The van der Waals surface area contributed by atoms with Gasteiger partial charge in [0.1, 0.15) is 22.9 Å². The highest BCUT2D eigenvalue weighted by Crippen LogP contribution is 2.37. The number of rotatable bonds is 4. The molecule has 0 atom stereocenters. The Hall–Kier alpha value is -2.20.